The molecule has 0 fully saturated rings. The molecule has 0 aliphatic carbocycles. The lowest BCUT2D eigenvalue weighted by molar-refractivity contribution is 1.47. The molecule has 1 heteroatoms. The maximum absolute atomic E-state index is 3.71. The molecular formula is C5H9N. The Bertz CT molecular complexity index is 52.3. The van der Waals surface area contributed by atoms with Crippen LogP contribution in [0, 0.1) is 0 Å². The van der Waals surface area contributed by atoms with Gasteiger partial charge in [0.15, 0.2) is 0 Å². The highest BCUT2D eigenvalue weighted by molar-refractivity contribution is 5.70. The van der Waals surface area contributed by atoms with Crippen LogP contribution in [0.4, 0.5) is 0 Å². The van der Waals surface area contributed by atoms with Gasteiger partial charge in [-0.1, -0.05) is 6.08 Å². The molecule has 34 valence electrons. The molecular weight excluding hydrogens is 74.1 g/mol. The van der Waals surface area contributed by atoms with Crippen molar-refractivity contribution in [3.8, 4) is 0 Å². The number of aliphatic imine (C=N–C) groups is 1. The van der Waals surface area contributed by atoms with Gasteiger partial charge >= 0.3 is 0 Å². The first-order chi connectivity index (χ1) is 2.91. The lowest BCUT2D eigenvalue weighted by atomic mass is 10.6. The minimum absolute atomic E-state index is 1.75. The molecule has 1 nitrogen and oxygen atoms in total. The van der Waals surface area contributed by atoms with Gasteiger partial charge in [-0.05, 0) is 13.0 Å². The standard InChI is InChI=1S/C5H9N/c1-3-4-5-6-2/h3-5H,1-2H3/b4-3+,6-5+. The van der Waals surface area contributed by atoms with E-state index >= 15 is 0 Å². The molecule has 0 saturated heterocycles. The van der Waals surface area contributed by atoms with Gasteiger partial charge in [0.25, 0.3) is 0 Å². The van der Waals surface area contributed by atoms with Crippen molar-refractivity contribution >= 4 is 6.21 Å². The molecule has 0 spiro atoms. The summed E-state index contributed by atoms with van der Waals surface area (Å²) in [5.74, 6) is 0. The van der Waals surface area contributed by atoms with E-state index in [1.807, 2.05) is 19.1 Å². The van der Waals surface area contributed by atoms with E-state index in [2.05, 4.69) is 4.99 Å². The van der Waals surface area contributed by atoms with E-state index in [-0.39, 0.29) is 0 Å². The van der Waals surface area contributed by atoms with Crippen molar-refractivity contribution in [2.75, 3.05) is 7.05 Å². The molecule has 0 saturated carbocycles. The average Bonchev–Trinajstić information content (AvgIpc) is 1.61. The lowest BCUT2D eigenvalue weighted by Crippen LogP contribution is -1.56. The Balaban J connectivity index is 3.07. The van der Waals surface area contributed by atoms with Crippen LogP contribution in [0.15, 0.2) is 17.1 Å². The summed E-state index contributed by atoms with van der Waals surface area (Å²) < 4.78 is 0. The molecule has 6 heavy (non-hydrogen) atoms. The molecule has 0 aromatic carbocycles. The first kappa shape index (κ1) is 5.41. The molecule has 0 rings (SSSR count). The first-order valence-electron chi connectivity index (χ1n) is 1.95. The molecule has 0 amide bonds. The molecule has 0 aliphatic rings. The van der Waals surface area contributed by atoms with Gasteiger partial charge in [-0.15, -0.1) is 0 Å². The summed E-state index contributed by atoms with van der Waals surface area (Å²) in [5.41, 5.74) is 0. The Hall–Kier alpha value is -0.590. The zero-order chi connectivity index (χ0) is 4.83. The number of allylic oxidation sites excluding steroid dienone is 2. The highest BCUT2D eigenvalue weighted by Gasteiger charge is 1.49. The van der Waals surface area contributed by atoms with Crippen molar-refractivity contribution in [2.45, 2.75) is 6.92 Å². The van der Waals surface area contributed by atoms with E-state index in [9.17, 15) is 0 Å². The number of hydrogen-bond acceptors (Lipinski definition) is 1. The predicted molar refractivity (Wildman–Crippen MR) is 29.2 cm³/mol. The Morgan fingerprint density at radius 1 is 1.50 bits per heavy atom. The van der Waals surface area contributed by atoms with Gasteiger partial charge < -0.3 is 0 Å². The molecule has 0 aromatic rings. The summed E-state index contributed by atoms with van der Waals surface area (Å²) in [6.07, 6.45) is 5.58. The monoisotopic (exact) mass is 83.1 g/mol. The zero-order valence-corrected chi connectivity index (χ0v) is 4.18. The minimum Gasteiger partial charge on any atom is -0.297 e. The van der Waals surface area contributed by atoms with Crippen LogP contribution in [0.1, 0.15) is 6.92 Å². The van der Waals surface area contributed by atoms with Crippen LogP contribution >= 0.6 is 0 Å². The zero-order valence-electron chi connectivity index (χ0n) is 4.18. The quantitative estimate of drug-likeness (QED) is 0.423. The molecule has 0 atom stereocenters. The van der Waals surface area contributed by atoms with E-state index < -0.39 is 0 Å². The Morgan fingerprint density at radius 2 is 2.17 bits per heavy atom. The van der Waals surface area contributed by atoms with Crippen molar-refractivity contribution in [2.24, 2.45) is 4.99 Å². The van der Waals surface area contributed by atoms with Gasteiger partial charge in [-0.25, -0.2) is 0 Å². The molecule has 0 radical (unpaired) electrons. The van der Waals surface area contributed by atoms with Crippen molar-refractivity contribution in [3.63, 3.8) is 0 Å². The minimum atomic E-state index is 1.75. The smallest absolute Gasteiger partial charge is 0.0277 e. The van der Waals surface area contributed by atoms with Gasteiger partial charge in [0.1, 0.15) is 0 Å². The van der Waals surface area contributed by atoms with Gasteiger partial charge in [-0.2, -0.15) is 0 Å². The summed E-state index contributed by atoms with van der Waals surface area (Å²) in [6.45, 7) is 1.96. The molecule has 0 aromatic heterocycles. The topological polar surface area (TPSA) is 12.4 Å². The normalized spacial score (nSPS) is 11.7. The van der Waals surface area contributed by atoms with Crippen molar-refractivity contribution < 1.29 is 0 Å². The number of nitrogens with zero attached hydrogens (tertiary/aromatic N) is 1. The van der Waals surface area contributed by atoms with E-state index in [0.29, 0.717) is 0 Å². The van der Waals surface area contributed by atoms with Gasteiger partial charge in [0.05, 0.1) is 0 Å². The van der Waals surface area contributed by atoms with Crippen LogP contribution in [-0.4, -0.2) is 13.3 Å². The van der Waals surface area contributed by atoms with Gasteiger partial charge in [0.2, 0.25) is 0 Å². The fraction of sp³-hybridized carbons (Fsp3) is 0.400. The SMILES string of the molecule is C/C=C/C=N/C. The second-order valence-electron chi connectivity index (χ2n) is 0.933. The van der Waals surface area contributed by atoms with Crippen LogP contribution < -0.4 is 0 Å². The van der Waals surface area contributed by atoms with Crippen LogP contribution in [0.3, 0.4) is 0 Å². The second kappa shape index (κ2) is 4.41. The largest absolute Gasteiger partial charge is 0.297 e. The summed E-state index contributed by atoms with van der Waals surface area (Å²) >= 11 is 0. The highest BCUT2D eigenvalue weighted by atomic mass is 14.6. The van der Waals surface area contributed by atoms with E-state index in [1.165, 1.54) is 0 Å². The van der Waals surface area contributed by atoms with Crippen LogP contribution in [-0.2, 0) is 0 Å². The summed E-state index contributed by atoms with van der Waals surface area (Å²) in [6, 6.07) is 0. The maximum atomic E-state index is 3.71. The van der Waals surface area contributed by atoms with E-state index in [1.54, 1.807) is 13.3 Å². The van der Waals surface area contributed by atoms with Crippen LogP contribution in [0.25, 0.3) is 0 Å². The third-order valence-corrected chi connectivity index (χ3v) is 0.428. The molecule has 0 aliphatic heterocycles. The molecule has 0 unspecified atom stereocenters. The first-order valence-corrected chi connectivity index (χ1v) is 1.95. The van der Waals surface area contributed by atoms with E-state index in [0.717, 1.165) is 0 Å². The Kier molecular flexibility index (Phi) is 3.98. The summed E-state index contributed by atoms with van der Waals surface area (Å²) in [5, 5.41) is 0. The van der Waals surface area contributed by atoms with Crippen molar-refractivity contribution in [1.29, 1.82) is 0 Å². The fourth-order valence-corrected chi connectivity index (χ4v) is 0.172. The highest BCUT2D eigenvalue weighted by Crippen LogP contribution is 1.60. The van der Waals surface area contributed by atoms with Crippen LogP contribution in [0.2, 0.25) is 0 Å². The fourth-order valence-electron chi connectivity index (χ4n) is 0.172. The summed E-state index contributed by atoms with van der Waals surface area (Å²) in [4.78, 5) is 3.71. The van der Waals surface area contributed by atoms with Gasteiger partial charge in [0, 0.05) is 13.3 Å². The van der Waals surface area contributed by atoms with Crippen molar-refractivity contribution in [3.05, 3.63) is 12.2 Å². The molecule has 0 N–H and O–H groups in total. The average molecular weight is 83.1 g/mol. The number of rotatable bonds is 1. The number of hydrogen-bond donors (Lipinski definition) is 0. The van der Waals surface area contributed by atoms with Crippen LogP contribution in [0.5, 0.6) is 0 Å². The molecule has 0 heterocycles. The third kappa shape index (κ3) is 3.41. The third-order valence-electron chi connectivity index (χ3n) is 0.428. The summed E-state index contributed by atoms with van der Waals surface area (Å²) in [7, 11) is 1.75. The predicted octanol–water partition coefficient (Wildman–Crippen LogP) is 1.26. The Morgan fingerprint density at radius 3 is 2.33 bits per heavy atom. The second-order valence-corrected chi connectivity index (χ2v) is 0.933. The maximum Gasteiger partial charge on any atom is 0.0277 e. The lowest BCUT2D eigenvalue weighted by Gasteiger charge is -1.63. The van der Waals surface area contributed by atoms with Crippen molar-refractivity contribution in [1.82, 2.24) is 0 Å². The molecule has 0 bridgehead atoms. The van der Waals surface area contributed by atoms with Gasteiger partial charge in [-0.3, -0.25) is 4.99 Å². The Labute approximate surface area is 38.4 Å². The van der Waals surface area contributed by atoms with E-state index in [4.69, 9.17) is 0 Å².